The lowest BCUT2D eigenvalue weighted by atomic mass is 9.92. The highest BCUT2D eigenvalue weighted by Gasteiger charge is 2.22. The van der Waals surface area contributed by atoms with Crippen molar-refractivity contribution in [2.75, 3.05) is 18.0 Å². The molecule has 0 bridgehead atoms. The largest absolute Gasteiger partial charge is 0.393 e. The Kier molecular flexibility index (Phi) is 4.77. The van der Waals surface area contributed by atoms with Crippen LogP contribution in [0.15, 0.2) is 18.3 Å². The molecule has 2 rings (SSSR count). The summed E-state index contributed by atoms with van der Waals surface area (Å²) in [6.07, 6.45) is 4.74. The fourth-order valence-electron chi connectivity index (χ4n) is 2.65. The molecule has 0 spiro atoms. The van der Waals surface area contributed by atoms with Crippen LogP contribution < -0.4 is 10.6 Å². The standard InChI is InChI=1S/C15H25N3O/c1-3-14(16)15-5-4-13(10-17-15)18-8-6-12(7-9-18)11(2)19/h4-5,10-12,14,19H,3,6-9,16H2,1-2H3/t11?,14-/m0/s1. The van der Waals surface area contributed by atoms with E-state index < -0.39 is 0 Å². The first-order chi connectivity index (χ1) is 9.11. The first-order valence-corrected chi connectivity index (χ1v) is 7.26. The van der Waals surface area contributed by atoms with E-state index in [1.807, 2.05) is 19.2 Å². The van der Waals surface area contributed by atoms with Crippen molar-refractivity contribution in [2.45, 2.75) is 45.3 Å². The van der Waals surface area contributed by atoms with E-state index in [2.05, 4.69) is 22.9 Å². The summed E-state index contributed by atoms with van der Waals surface area (Å²) in [6, 6.07) is 4.18. The monoisotopic (exact) mass is 263 g/mol. The molecule has 0 aromatic carbocycles. The van der Waals surface area contributed by atoms with Gasteiger partial charge in [0, 0.05) is 19.1 Å². The maximum absolute atomic E-state index is 9.61. The molecule has 19 heavy (non-hydrogen) atoms. The van der Waals surface area contributed by atoms with Crippen LogP contribution in [0.4, 0.5) is 5.69 Å². The van der Waals surface area contributed by atoms with Crippen LogP contribution in [0.5, 0.6) is 0 Å². The quantitative estimate of drug-likeness (QED) is 0.873. The average Bonchev–Trinajstić information content (AvgIpc) is 2.46. The molecule has 1 saturated heterocycles. The normalized spacial score (nSPS) is 20.3. The van der Waals surface area contributed by atoms with Gasteiger partial charge in [0.15, 0.2) is 0 Å². The lowest BCUT2D eigenvalue weighted by molar-refractivity contribution is 0.110. The molecule has 1 aromatic heterocycles. The van der Waals surface area contributed by atoms with Gasteiger partial charge in [0.05, 0.1) is 23.7 Å². The van der Waals surface area contributed by atoms with Gasteiger partial charge in [0.2, 0.25) is 0 Å². The Morgan fingerprint density at radius 2 is 2.11 bits per heavy atom. The number of pyridine rings is 1. The minimum Gasteiger partial charge on any atom is -0.393 e. The van der Waals surface area contributed by atoms with Crippen LogP contribution in [0.2, 0.25) is 0 Å². The summed E-state index contributed by atoms with van der Waals surface area (Å²) in [5, 5.41) is 9.61. The highest BCUT2D eigenvalue weighted by Crippen LogP contribution is 2.25. The zero-order valence-corrected chi connectivity index (χ0v) is 11.9. The molecule has 3 N–H and O–H groups in total. The van der Waals surface area contributed by atoms with E-state index in [4.69, 9.17) is 5.73 Å². The third kappa shape index (κ3) is 3.45. The topological polar surface area (TPSA) is 62.4 Å². The molecule has 2 atom stereocenters. The minimum atomic E-state index is -0.190. The predicted molar refractivity (Wildman–Crippen MR) is 78.1 cm³/mol. The zero-order valence-electron chi connectivity index (χ0n) is 11.9. The zero-order chi connectivity index (χ0) is 13.8. The second-order valence-electron chi connectivity index (χ2n) is 5.52. The second-order valence-corrected chi connectivity index (χ2v) is 5.52. The summed E-state index contributed by atoms with van der Waals surface area (Å²) in [5.74, 6) is 0.442. The molecule has 0 saturated carbocycles. The Hall–Kier alpha value is -1.13. The number of aliphatic hydroxyl groups excluding tert-OH is 1. The van der Waals surface area contributed by atoms with Crippen LogP contribution in [0.1, 0.15) is 44.8 Å². The van der Waals surface area contributed by atoms with Crippen molar-refractivity contribution < 1.29 is 5.11 Å². The number of rotatable bonds is 4. The summed E-state index contributed by atoms with van der Waals surface area (Å²) < 4.78 is 0. The van der Waals surface area contributed by atoms with Gasteiger partial charge in [-0.1, -0.05) is 6.92 Å². The van der Waals surface area contributed by atoms with E-state index in [-0.39, 0.29) is 12.1 Å². The molecule has 1 fully saturated rings. The van der Waals surface area contributed by atoms with Crippen molar-refractivity contribution >= 4 is 5.69 Å². The Balaban J connectivity index is 1.96. The van der Waals surface area contributed by atoms with Crippen LogP contribution >= 0.6 is 0 Å². The summed E-state index contributed by atoms with van der Waals surface area (Å²) in [4.78, 5) is 6.80. The number of aromatic nitrogens is 1. The second kappa shape index (κ2) is 6.35. The third-order valence-electron chi connectivity index (χ3n) is 4.18. The van der Waals surface area contributed by atoms with Crippen molar-refractivity contribution in [3.63, 3.8) is 0 Å². The van der Waals surface area contributed by atoms with E-state index in [0.717, 1.165) is 43.7 Å². The molecule has 106 valence electrons. The Labute approximate surface area is 115 Å². The van der Waals surface area contributed by atoms with Crippen molar-refractivity contribution in [1.82, 2.24) is 4.98 Å². The first-order valence-electron chi connectivity index (χ1n) is 7.26. The van der Waals surface area contributed by atoms with E-state index >= 15 is 0 Å². The molecule has 1 unspecified atom stereocenters. The lowest BCUT2D eigenvalue weighted by Crippen LogP contribution is -2.37. The number of piperidine rings is 1. The highest BCUT2D eigenvalue weighted by molar-refractivity contribution is 5.45. The predicted octanol–water partition coefficient (Wildman–Crippen LogP) is 2.09. The summed E-state index contributed by atoms with van der Waals surface area (Å²) in [6.45, 7) is 5.96. The molecule has 4 heteroatoms. The van der Waals surface area contributed by atoms with Gasteiger partial charge in [-0.15, -0.1) is 0 Å². The summed E-state index contributed by atoms with van der Waals surface area (Å²) >= 11 is 0. The van der Waals surface area contributed by atoms with Gasteiger partial charge in [-0.25, -0.2) is 0 Å². The van der Waals surface area contributed by atoms with Gasteiger partial charge in [-0.3, -0.25) is 4.98 Å². The Morgan fingerprint density at radius 3 is 2.58 bits per heavy atom. The number of hydrogen-bond acceptors (Lipinski definition) is 4. The maximum Gasteiger partial charge on any atom is 0.0572 e. The van der Waals surface area contributed by atoms with Gasteiger partial charge >= 0.3 is 0 Å². The molecule has 0 aliphatic carbocycles. The molecule has 4 nitrogen and oxygen atoms in total. The highest BCUT2D eigenvalue weighted by atomic mass is 16.3. The molecule has 1 aliphatic heterocycles. The molecule has 0 radical (unpaired) electrons. The molecule has 2 heterocycles. The molecule has 0 amide bonds. The van der Waals surface area contributed by atoms with Crippen LogP contribution in [0.3, 0.4) is 0 Å². The number of hydrogen-bond donors (Lipinski definition) is 2. The van der Waals surface area contributed by atoms with Gasteiger partial charge in [0.25, 0.3) is 0 Å². The number of anilines is 1. The van der Waals surface area contributed by atoms with Gasteiger partial charge in [-0.2, -0.15) is 0 Å². The van der Waals surface area contributed by atoms with Crippen molar-refractivity contribution in [3.8, 4) is 0 Å². The number of nitrogens with two attached hydrogens (primary N) is 1. The fraction of sp³-hybridized carbons (Fsp3) is 0.667. The van der Waals surface area contributed by atoms with E-state index in [1.165, 1.54) is 0 Å². The smallest absolute Gasteiger partial charge is 0.0572 e. The van der Waals surface area contributed by atoms with Crippen LogP contribution in [-0.2, 0) is 0 Å². The van der Waals surface area contributed by atoms with Gasteiger partial charge in [-0.05, 0) is 44.2 Å². The Bertz CT molecular complexity index is 383. The van der Waals surface area contributed by atoms with Gasteiger partial charge in [0.1, 0.15) is 0 Å². The molecular formula is C15H25N3O. The van der Waals surface area contributed by atoms with Crippen LogP contribution in [0.25, 0.3) is 0 Å². The third-order valence-corrected chi connectivity index (χ3v) is 4.18. The van der Waals surface area contributed by atoms with E-state index in [1.54, 1.807) is 0 Å². The van der Waals surface area contributed by atoms with E-state index in [9.17, 15) is 5.11 Å². The molecular weight excluding hydrogens is 238 g/mol. The lowest BCUT2D eigenvalue weighted by Gasteiger charge is -2.34. The average molecular weight is 263 g/mol. The summed E-state index contributed by atoms with van der Waals surface area (Å²) in [7, 11) is 0. The molecule has 1 aliphatic rings. The molecule has 1 aromatic rings. The fourth-order valence-corrected chi connectivity index (χ4v) is 2.65. The SMILES string of the molecule is CC[C@H](N)c1ccc(N2CCC(C(C)O)CC2)cn1. The van der Waals surface area contributed by atoms with Crippen LogP contribution in [0, 0.1) is 5.92 Å². The maximum atomic E-state index is 9.61. The van der Waals surface area contributed by atoms with Crippen molar-refractivity contribution in [3.05, 3.63) is 24.0 Å². The minimum absolute atomic E-state index is 0.0371. The summed E-state index contributed by atoms with van der Waals surface area (Å²) in [5.41, 5.74) is 8.10. The van der Waals surface area contributed by atoms with Crippen LogP contribution in [-0.4, -0.2) is 29.3 Å². The number of nitrogens with zero attached hydrogens (tertiary/aromatic N) is 2. The van der Waals surface area contributed by atoms with Gasteiger partial charge < -0.3 is 15.7 Å². The number of aliphatic hydroxyl groups is 1. The van der Waals surface area contributed by atoms with Crippen molar-refractivity contribution in [1.29, 1.82) is 0 Å². The first kappa shape index (κ1) is 14.3. The van der Waals surface area contributed by atoms with E-state index in [0.29, 0.717) is 5.92 Å². The Morgan fingerprint density at radius 1 is 1.42 bits per heavy atom. The van der Waals surface area contributed by atoms with Crippen molar-refractivity contribution in [2.24, 2.45) is 11.7 Å².